The zero-order chi connectivity index (χ0) is 17.7. The molecule has 2 aromatic carbocycles. The minimum Gasteiger partial charge on any atom is -0.497 e. The summed E-state index contributed by atoms with van der Waals surface area (Å²) in [4.78, 5) is 19.4. The van der Waals surface area contributed by atoms with Crippen LogP contribution >= 0.6 is 11.8 Å². The van der Waals surface area contributed by atoms with Crippen molar-refractivity contribution in [2.75, 3.05) is 12.9 Å². The summed E-state index contributed by atoms with van der Waals surface area (Å²) in [5, 5.41) is 0.818. The Morgan fingerprint density at radius 2 is 2.04 bits per heavy atom. The maximum atomic E-state index is 12.6. The SMILES string of the molecule is COc1cccc([C@@H]2C3=C(N=C4SCC(=O)N42)c2ccccc2CC3)c1. The van der Waals surface area contributed by atoms with E-state index in [0.717, 1.165) is 35.0 Å². The zero-order valence-corrected chi connectivity index (χ0v) is 15.3. The first-order valence-electron chi connectivity index (χ1n) is 8.75. The fourth-order valence-electron chi connectivity index (χ4n) is 4.05. The number of hydrogen-bond acceptors (Lipinski definition) is 4. The summed E-state index contributed by atoms with van der Waals surface area (Å²) in [6.07, 6.45) is 1.90. The van der Waals surface area contributed by atoms with Crippen LogP contribution in [-0.4, -0.2) is 28.8 Å². The molecule has 5 heteroatoms. The smallest absolute Gasteiger partial charge is 0.239 e. The molecule has 0 radical (unpaired) electrons. The van der Waals surface area contributed by atoms with E-state index in [2.05, 4.69) is 30.3 Å². The van der Waals surface area contributed by atoms with Crippen molar-refractivity contribution in [1.29, 1.82) is 0 Å². The predicted molar refractivity (Wildman–Crippen MR) is 104 cm³/mol. The Labute approximate surface area is 156 Å². The first-order chi connectivity index (χ1) is 12.8. The van der Waals surface area contributed by atoms with E-state index >= 15 is 0 Å². The normalized spacial score (nSPS) is 21.1. The van der Waals surface area contributed by atoms with Gasteiger partial charge < -0.3 is 4.74 Å². The molecule has 26 heavy (non-hydrogen) atoms. The standard InChI is InChI=1S/C21H18N2O2S/c1-25-15-7-4-6-14(11-15)20-17-10-9-13-5-2-3-8-16(13)19(17)22-21-23(20)18(24)12-26-21/h2-8,11,20H,9-10,12H2,1H3/t20-/m1/s1. The van der Waals surface area contributed by atoms with Crippen molar-refractivity contribution < 1.29 is 9.53 Å². The van der Waals surface area contributed by atoms with Crippen LogP contribution in [0.2, 0.25) is 0 Å². The molecule has 0 N–H and O–H groups in total. The summed E-state index contributed by atoms with van der Waals surface area (Å²) in [6, 6.07) is 16.4. The fraction of sp³-hybridized carbons (Fsp3) is 0.238. The van der Waals surface area contributed by atoms with Crippen LogP contribution in [0.1, 0.15) is 29.2 Å². The molecule has 2 aromatic rings. The molecule has 0 bridgehead atoms. The molecule has 3 aliphatic rings. The van der Waals surface area contributed by atoms with Crippen LogP contribution in [0.3, 0.4) is 0 Å². The monoisotopic (exact) mass is 362 g/mol. The quantitative estimate of drug-likeness (QED) is 0.810. The van der Waals surface area contributed by atoms with Gasteiger partial charge in [0.25, 0.3) is 0 Å². The lowest BCUT2D eigenvalue weighted by Gasteiger charge is -2.37. The van der Waals surface area contributed by atoms with E-state index in [-0.39, 0.29) is 11.9 Å². The highest BCUT2D eigenvalue weighted by Crippen LogP contribution is 2.47. The fourth-order valence-corrected chi connectivity index (χ4v) is 4.95. The van der Waals surface area contributed by atoms with Crippen LogP contribution in [0.25, 0.3) is 5.70 Å². The van der Waals surface area contributed by atoms with Crippen LogP contribution < -0.4 is 4.74 Å². The molecule has 1 amide bonds. The van der Waals surface area contributed by atoms with Crippen LogP contribution in [-0.2, 0) is 11.2 Å². The Morgan fingerprint density at radius 3 is 2.92 bits per heavy atom. The maximum absolute atomic E-state index is 12.6. The van der Waals surface area contributed by atoms with Gasteiger partial charge >= 0.3 is 0 Å². The minimum absolute atomic E-state index is 0.0940. The van der Waals surface area contributed by atoms with Crippen molar-refractivity contribution in [3.8, 4) is 5.75 Å². The number of aliphatic imine (C=N–C) groups is 1. The molecule has 1 fully saturated rings. The summed E-state index contributed by atoms with van der Waals surface area (Å²) in [5.74, 6) is 1.40. The van der Waals surface area contributed by atoms with E-state index < -0.39 is 0 Å². The van der Waals surface area contributed by atoms with Crippen molar-refractivity contribution >= 4 is 28.5 Å². The zero-order valence-electron chi connectivity index (χ0n) is 14.4. The number of hydrogen-bond donors (Lipinski definition) is 0. The van der Waals surface area contributed by atoms with E-state index in [0.29, 0.717) is 5.75 Å². The first-order valence-corrected chi connectivity index (χ1v) is 9.73. The third kappa shape index (κ3) is 2.31. The molecule has 0 aromatic heterocycles. The van der Waals surface area contributed by atoms with Gasteiger partial charge in [-0.1, -0.05) is 48.2 Å². The molecule has 1 atom stereocenters. The van der Waals surface area contributed by atoms with Gasteiger partial charge in [0.05, 0.1) is 24.6 Å². The van der Waals surface area contributed by atoms with Crippen molar-refractivity contribution in [1.82, 2.24) is 4.90 Å². The molecule has 5 rings (SSSR count). The van der Waals surface area contributed by atoms with Crippen LogP contribution in [0.5, 0.6) is 5.75 Å². The molecule has 2 aliphatic heterocycles. The highest BCUT2D eigenvalue weighted by molar-refractivity contribution is 8.15. The van der Waals surface area contributed by atoms with E-state index in [4.69, 9.17) is 9.73 Å². The molecule has 1 aliphatic carbocycles. The summed E-state index contributed by atoms with van der Waals surface area (Å²) < 4.78 is 5.42. The number of fused-ring (bicyclic) bond motifs is 3. The van der Waals surface area contributed by atoms with Crippen LogP contribution in [0, 0.1) is 0 Å². The van der Waals surface area contributed by atoms with Crippen molar-refractivity contribution in [3.63, 3.8) is 0 Å². The molecule has 2 heterocycles. The molecular weight excluding hydrogens is 344 g/mol. The largest absolute Gasteiger partial charge is 0.497 e. The van der Waals surface area contributed by atoms with Crippen LogP contribution in [0.15, 0.2) is 59.1 Å². The minimum atomic E-state index is -0.0940. The van der Waals surface area contributed by atoms with Gasteiger partial charge in [0.15, 0.2) is 5.17 Å². The van der Waals surface area contributed by atoms with Gasteiger partial charge in [-0.2, -0.15) is 0 Å². The lowest BCUT2D eigenvalue weighted by atomic mass is 9.82. The lowest BCUT2D eigenvalue weighted by Crippen LogP contribution is -2.38. The Morgan fingerprint density at radius 1 is 1.15 bits per heavy atom. The predicted octanol–water partition coefficient (Wildman–Crippen LogP) is 4.04. The van der Waals surface area contributed by atoms with Gasteiger partial charge in [0.1, 0.15) is 5.75 Å². The molecule has 130 valence electrons. The number of carbonyl (C=O) groups is 1. The lowest BCUT2D eigenvalue weighted by molar-refractivity contribution is -0.125. The number of aryl methyl sites for hydroxylation is 1. The Kier molecular flexibility index (Phi) is 3.64. The number of benzene rings is 2. The average Bonchev–Trinajstić information content (AvgIpc) is 3.06. The topological polar surface area (TPSA) is 41.9 Å². The molecule has 0 saturated carbocycles. The summed E-state index contributed by atoms with van der Waals surface area (Å²) in [6.45, 7) is 0. The maximum Gasteiger partial charge on any atom is 0.239 e. The second kappa shape index (κ2) is 6.02. The molecule has 0 unspecified atom stereocenters. The number of ether oxygens (including phenoxy) is 1. The first kappa shape index (κ1) is 15.7. The average molecular weight is 362 g/mol. The van der Waals surface area contributed by atoms with Crippen LogP contribution in [0.4, 0.5) is 0 Å². The van der Waals surface area contributed by atoms with Gasteiger partial charge in [-0.05, 0) is 41.7 Å². The van der Waals surface area contributed by atoms with Gasteiger partial charge in [-0.25, -0.2) is 4.99 Å². The van der Waals surface area contributed by atoms with E-state index in [1.54, 1.807) is 7.11 Å². The van der Waals surface area contributed by atoms with Crippen molar-refractivity contribution in [3.05, 3.63) is 70.8 Å². The Hall–Kier alpha value is -2.53. The third-order valence-corrected chi connectivity index (χ3v) is 6.18. The number of methoxy groups -OCH3 is 1. The van der Waals surface area contributed by atoms with Gasteiger partial charge in [-0.3, -0.25) is 9.69 Å². The van der Waals surface area contributed by atoms with Gasteiger partial charge in [0, 0.05) is 5.56 Å². The highest BCUT2D eigenvalue weighted by atomic mass is 32.2. The molecular formula is C21H18N2O2S. The van der Waals surface area contributed by atoms with Gasteiger partial charge in [0.2, 0.25) is 5.91 Å². The second-order valence-corrected chi connectivity index (χ2v) is 7.60. The number of thioether (sulfide) groups is 1. The number of rotatable bonds is 2. The van der Waals surface area contributed by atoms with Gasteiger partial charge in [-0.15, -0.1) is 0 Å². The van der Waals surface area contributed by atoms with E-state index in [9.17, 15) is 4.79 Å². The second-order valence-electron chi connectivity index (χ2n) is 6.66. The van der Waals surface area contributed by atoms with Crippen molar-refractivity contribution in [2.24, 2.45) is 4.99 Å². The number of carbonyl (C=O) groups excluding carboxylic acids is 1. The van der Waals surface area contributed by atoms with E-state index in [1.807, 2.05) is 23.1 Å². The van der Waals surface area contributed by atoms with Crippen molar-refractivity contribution in [2.45, 2.75) is 18.9 Å². The summed E-state index contributed by atoms with van der Waals surface area (Å²) >= 11 is 1.53. The molecule has 4 nitrogen and oxygen atoms in total. The number of amides is 1. The number of amidine groups is 1. The summed E-state index contributed by atoms with van der Waals surface area (Å²) in [7, 11) is 1.67. The molecule has 1 saturated heterocycles. The third-order valence-electron chi connectivity index (χ3n) is 5.25. The Balaban J connectivity index is 1.72. The van der Waals surface area contributed by atoms with E-state index in [1.165, 1.54) is 28.5 Å². The number of nitrogens with zero attached hydrogens (tertiary/aromatic N) is 2. The highest BCUT2D eigenvalue weighted by Gasteiger charge is 2.42. The Bertz CT molecular complexity index is 979. The summed E-state index contributed by atoms with van der Waals surface area (Å²) in [5.41, 5.74) is 5.90. The molecule has 0 spiro atoms.